The number of carbonyl (C=O) groups is 1. The molecule has 1 aromatic carbocycles. The maximum absolute atomic E-state index is 14.0. The van der Waals surface area contributed by atoms with Crippen molar-refractivity contribution in [2.75, 3.05) is 5.32 Å². The van der Waals surface area contributed by atoms with E-state index in [1.165, 1.54) is 24.5 Å². The van der Waals surface area contributed by atoms with E-state index in [0.29, 0.717) is 5.39 Å². The van der Waals surface area contributed by atoms with Gasteiger partial charge in [0.05, 0.1) is 11.1 Å². The van der Waals surface area contributed by atoms with Crippen molar-refractivity contribution >= 4 is 39.9 Å². The SMILES string of the molecule is CC.Cc1ccc(Nc2c(C(=O)O)oc3c(Cl)cncc23)c(F)c1. The Morgan fingerprint density at radius 1 is 1.33 bits per heavy atom. The fraction of sp³-hybridized carbons (Fsp3) is 0.176. The van der Waals surface area contributed by atoms with E-state index in [-0.39, 0.29) is 27.7 Å². The van der Waals surface area contributed by atoms with Gasteiger partial charge in [-0.05, 0) is 24.6 Å². The van der Waals surface area contributed by atoms with Gasteiger partial charge in [-0.25, -0.2) is 9.18 Å². The molecule has 0 radical (unpaired) electrons. The predicted molar refractivity (Wildman–Crippen MR) is 91.7 cm³/mol. The van der Waals surface area contributed by atoms with Crippen LogP contribution in [0.5, 0.6) is 0 Å². The fourth-order valence-corrected chi connectivity index (χ4v) is 2.31. The Labute approximate surface area is 143 Å². The number of aromatic nitrogens is 1. The van der Waals surface area contributed by atoms with Gasteiger partial charge in [0.1, 0.15) is 16.5 Å². The first-order chi connectivity index (χ1) is 11.5. The van der Waals surface area contributed by atoms with Crippen molar-refractivity contribution in [3.63, 3.8) is 0 Å². The van der Waals surface area contributed by atoms with Crippen LogP contribution < -0.4 is 5.32 Å². The van der Waals surface area contributed by atoms with Gasteiger partial charge < -0.3 is 14.8 Å². The first-order valence-corrected chi connectivity index (χ1v) is 7.67. The molecule has 0 atom stereocenters. The number of fused-ring (bicyclic) bond motifs is 1. The third-order valence-electron chi connectivity index (χ3n) is 3.13. The van der Waals surface area contributed by atoms with Crippen molar-refractivity contribution in [3.05, 3.63) is 52.8 Å². The summed E-state index contributed by atoms with van der Waals surface area (Å²) >= 11 is 5.95. The molecule has 0 aliphatic rings. The number of rotatable bonds is 3. The smallest absolute Gasteiger partial charge is 0.374 e. The molecule has 0 saturated heterocycles. The molecule has 3 rings (SSSR count). The molecule has 0 aliphatic carbocycles. The average Bonchev–Trinajstić information content (AvgIpc) is 2.92. The number of carboxylic acids is 1. The normalized spacial score (nSPS) is 10.2. The van der Waals surface area contributed by atoms with Crippen molar-refractivity contribution in [3.8, 4) is 0 Å². The maximum Gasteiger partial charge on any atom is 0.374 e. The largest absolute Gasteiger partial charge is 0.475 e. The Morgan fingerprint density at radius 3 is 2.67 bits per heavy atom. The monoisotopic (exact) mass is 350 g/mol. The standard InChI is InChI=1S/C15H10ClFN2O3.C2H6/c1-7-2-3-11(10(17)4-7)19-12-8-5-18-6-9(16)13(8)22-14(12)15(20)21;1-2/h2-6,19H,1H3,(H,20,21);1-2H3. The molecule has 0 spiro atoms. The molecule has 0 bridgehead atoms. The van der Waals surface area contributed by atoms with Crippen molar-refractivity contribution in [2.24, 2.45) is 0 Å². The Morgan fingerprint density at radius 2 is 2.04 bits per heavy atom. The zero-order chi connectivity index (χ0) is 17.9. The minimum atomic E-state index is -1.29. The minimum absolute atomic E-state index is 0.111. The van der Waals surface area contributed by atoms with Crippen LogP contribution in [-0.2, 0) is 0 Å². The zero-order valence-electron chi connectivity index (χ0n) is 13.4. The van der Waals surface area contributed by atoms with Crippen LogP contribution in [-0.4, -0.2) is 16.1 Å². The highest BCUT2D eigenvalue weighted by molar-refractivity contribution is 6.35. The fourth-order valence-electron chi connectivity index (χ4n) is 2.11. The van der Waals surface area contributed by atoms with Crippen LogP contribution in [0.2, 0.25) is 5.02 Å². The summed E-state index contributed by atoms with van der Waals surface area (Å²) in [5, 5.41) is 12.6. The van der Waals surface area contributed by atoms with Gasteiger partial charge in [0.25, 0.3) is 0 Å². The predicted octanol–water partition coefficient (Wildman–Crippen LogP) is 5.40. The molecule has 0 saturated carbocycles. The number of hydrogen-bond donors (Lipinski definition) is 2. The van der Waals surface area contributed by atoms with E-state index in [1.807, 2.05) is 13.8 Å². The van der Waals surface area contributed by atoms with Crippen LogP contribution >= 0.6 is 11.6 Å². The molecular weight excluding hydrogens is 335 g/mol. The number of carboxylic acid groups (broad SMARTS) is 1. The molecule has 0 fully saturated rings. The summed E-state index contributed by atoms with van der Waals surface area (Å²) in [5.74, 6) is -2.15. The highest BCUT2D eigenvalue weighted by atomic mass is 35.5. The summed E-state index contributed by atoms with van der Waals surface area (Å²) in [6, 6.07) is 4.57. The van der Waals surface area contributed by atoms with Crippen LogP contribution in [0.3, 0.4) is 0 Å². The number of benzene rings is 1. The first kappa shape index (κ1) is 17.7. The van der Waals surface area contributed by atoms with Crippen molar-refractivity contribution in [2.45, 2.75) is 20.8 Å². The second-order valence-corrected chi connectivity index (χ2v) is 5.12. The number of anilines is 2. The van der Waals surface area contributed by atoms with Gasteiger partial charge in [-0.2, -0.15) is 0 Å². The number of hydrogen-bond acceptors (Lipinski definition) is 4. The van der Waals surface area contributed by atoms with E-state index >= 15 is 0 Å². The lowest BCUT2D eigenvalue weighted by Gasteiger charge is -2.07. The Hall–Kier alpha value is -2.60. The molecular formula is C17H16ClFN2O3. The number of furan rings is 1. The lowest BCUT2D eigenvalue weighted by Crippen LogP contribution is -2.01. The Bertz CT molecular complexity index is 893. The first-order valence-electron chi connectivity index (χ1n) is 7.30. The van der Waals surface area contributed by atoms with E-state index in [2.05, 4.69) is 10.3 Å². The average molecular weight is 351 g/mol. The Kier molecular flexibility index (Phi) is 5.41. The van der Waals surface area contributed by atoms with E-state index in [4.69, 9.17) is 16.0 Å². The molecule has 2 N–H and O–H groups in total. The van der Waals surface area contributed by atoms with Crippen LogP contribution in [0.4, 0.5) is 15.8 Å². The van der Waals surface area contributed by atoms with Gasteiger partial charge in [0.2, 0.25) is 5.76 Å². The molecule has 3 aromatic rings. The summed E-state index contributed by atoms with van der Waals surface area (Å²) in [5.41, 5.74) is 1.18. The summed E-state index contributed by atoms with van der Waals surface area (Å²) in [7, 11) is 0. The lowest BCUT2D eigenvalue weighted by molar-refractivity contribution is 0.0666. The number of aryl methyl sites for hydroxylation is 1. The van der Waals surface area contributed by atoms with Crippen LogP contribution in [0, 0.1) is 12.7 Å². The molecule has 0 unspecified atom stereocenters. The van der Waals surface area contributed by atoms with E-state index < -0.39 is 11.8 Å². The van der Waals surface area contributed by atoms with Crippen LogP contribution in [0.1, 0.15) is 30.0 Å². The van der Waals surface area contributed by atoms with Gasteiger partial charge in [0, 0.05) is 12.4 Å². The summed E-state index contributed by atoms with van der Waals surface area (Å²) in [6.45, 7) is 5.76. The van der Waals surface area contributed by atoms with E-state index in [1.54, 1.807) is 13.0 Å². The molecule has 2 heterocycles. The van der Waals surface area contributed by atoms with Gasteiger partial charge in [-0.1, -0.05) is 31.5 Å². The third kappa shape index (κ3) is 3.33. The summed E-state index contributed by atoms with van der Waals surface area (Å²) in [6.07, 6.45) is 2.75. The van der Waals surface area contributed by atoms with Gasteiger partial charge in [-0.3, -0.25) is 4.98 Å². The summed E-state index contributed by atoms with van der Waals surface area (Å²) in [4.78, 5) is 15.2. The molecule has 0 aliphatic heterocycles. The number of nitrogens with one attached hydrogen (secondary N) is 1. The highest BCUT2D eigenvalue weighted by Crippen LogP contribution is 2.36. The lowest BCUT2D eigenvalue weighted by atomic mass is 10.2. The highest BCUT2D eigenvalue weighted by Gasteiger charge is 2.22. The number of halogens is 2. The van der Waals surface area contributed by atoms with E-state index in [9.17, 15) is 14.3 Å². The Balaban J connectivity index is 0.00000100. The molecule has 7 heteroatoms. The van der Waals surface area contributed by atoms with Gasteiger partial charge in [-0.15, -0.1) is 0 Å². The molecule has 5 nitrogen and oxygen atoms in total. The van der Waals surface area contributed by atoms with Gasteiger partial charge in [0.15, 0.2) is 5.58 Å². The van der Waals surface area contributed by atoms with Gasteiger partial charge >= 0.3 is 5.97 Å². The topological polar surface area (TPSA) is 75.4 Å². The number of aromatic carboxylic acids is 1. The van der Waals surface area contributed by atoms with Crippen molar-refractivity contribution in [1.29, 1.82) is 0 Å². The minimum Gasteiger partial charge on any atom is -0.475 e. The van der Waals surface area contributed by atoms with Crippen molar-refractivity contribution in [1.82, 2.24) is 4.98 Å². The molecule has 126 valence electrons. The third-order valence-corrected chi connectivity index (χ3v) is 3.40. The van der Waals surface area contributed by atoms with Crippen molar-refractivity contribution < 1.29 is 18.7 Å². The molecule has 0 amide bonds. The quantitative estimate of drug-likeness (QED) is 0.661. The second kappa shape index (κ2) is 7.31. The molecule has 24 heavy (non-hydrogen) atoms. The summed E-state index contributed by atoms with van der Waals surface area (Å²) < 4.78 is 19.2. The maximum atomic E-state index is 14.0. The van der Waals surface area contributed by atoms with E-state index in [0.717, 1.165) is 5.56 Å². The number of pyridine rings is 1. The number of nitrogens with zero attached hydrogens (tertiary/aromatic N) is 1. The molecule has 2 aromatic heterocycles. The second-order valence-electron chi connectivity index (χ2n) is 4.72. The zero-order valence-corrected chi connectivity index (χ0v) is 14.1. The van der Waals surface area contributed by atoms with Crippen LogP contribution in [0.15, 0.2) is 35.0 Å². The van der Waals surface area contributed by atoms with Crippen LogP contribution in [0.25, 0.3) is 11.0 Å².